The lowest BCUT2D eigenvalue weighted by atomic mass is 10.0. The van der Waals surface area contributed by atoms with Crippen LogP contribution in [0, 0.1) is 0 Å². The summed E-state index contributed by atoms with van der Waals surface area (Å²) in [6.45, 7) is 10.5. The molecule has 1 aliphatic carbocycles. The molecule has 5 heteroatoms. The number of hydrogen-bond donors (Lipinski definition) is 3. The minimum atomic E-state index is -0.0760. The molecule has 0 unspecified atom stereocenters. The van der Waals surface area contributed by atoms with E-state index in [4.69, 9.17) is 0 Å². The molecular weight excluding hydrogens is 290 g/mol. The Morgan fingerprint density at radius 3 is 2.83 bits per heavy atom. The Balaban J connectivity index is 1.98. The van der Waals surface area contributed by atoms with Crippen molar-refractivity contribution in [2.75, 3.05) is 13.1 Å². The fraction of sp³-hybridized carbons (Fsp3) is 0.389. The second-order valence-electron chi connectivity index (χ2n) is 6.10. The van der Waals surface area contributed by atoms with Crippen LogP contribution in [0.2, 0.25) is 0 Å². The zero-order valence-corrected chi connectivity index (χ0v) is 14.1. The first-order valence-electron chi connectivity index (χ1n) is 7.81. The number of rotatable bonds is 5. The summed E-state index contributed by atoms with van der Waals surface area (Å²) in [6, 6.07) is 0. The first kappa shape index (κ1) is 17.1. The number of nitrogens with zero attached hydrogens (tertiary/aromatic N) is 1. The number of allylic oxidation sites excluding steroid dienone is 3. The average Bonchev–Trinajstić information content (AvgIpc) is 2.91. The highest BCUT2D eigenvalue weighted by molar-refractivity contribution is 5.97. The second kappa shape index (κ2) is 7.33. The number of nitrogens with one attached hydrogen (secondary N) is 2. The van der Waals surface area contributed by atoms with Crippen LogP contribution in [0.25, 0.3) is 0 Å². The summed E-state index contributed by atoms with van der Waals surface area (Å²) in [5.41, 5.74) is 7.54. The number of amides is 1. The minimum absolute atomic E-state index is 0.0760. The third-order valence-electron chi connectivity index (χ3n) is 3.91. The van der Waals surface area contributed by atoms with Gasteiger partial charge in [0.25, 0.3) is 5.91 Å². The molecule has 0 bridgehead atoms. The van der Waals surface area contributed by atoms with Crippen LogP contribution < -0.4 is 10.7 Å². The third kappa shape index (κ3) is 4.60. The molecule has 0 aromatic carbocycles. The van der Waals surface area contributed by atoms with Gasteiger partial charge >= 0.3 is 0 Å². The summed E-state index contributed by atoms with van der Waals surface area (Å²) in [4.78, 5) is 12.3. The maximum Gasteiger partial charge on any atom is 0.255 e. The van der Waals surface area contributed by atoms with Crippen molar-refractivity contribution in [3.05, 3.63) is 58.7 Å². The van der Waals surface area contributed by atoms with Crippen molar-refractivity contribution in [3.8, 4) is 0 Å². The molecule has 0 saturated carbocycles. The molecule has 3 N–H and O–H groups in total. The molecule has 1 amide bonds. The minimum Gasteiger partial charge on any atom is -0.512 e. The van der Waals surface area contributed by atoms with Crippen LogP contribution in [0.4, 0.5) is 0 Å². The van der Waals surface area contributed by atoms with E-state index in [1.54, 1.807) is 6.92 Å². The third-order valence-corrected chi connectivity index (χ3v) is 3.91. The number of hydrogen-bond acceptors (Lipinski definition) is 4. The largest absolute Gasteiger partial charge is 0.512 e. The highest BCUT2D eigenvalue weighted by atomic mass is 16.3. The van der Waals surface area contributed by atoms with Gasteiger partial charge in [0, 0.05) is 17.3 Å². The first-order valence-corrected chi connectivity index (χ1v) is 7.81. The van der Waals surface area contributed by atoms with Gasteiger partial charge < -0.3 is 15.4 Å². The van der Waals surface area contributed by atoms with Crippen molar-refractivity contribution < 1.29 is 9.90 Å². The van der Waals surface area contributed by atoms with Gasteiger partial charge in [0.2, 0.25) is 0 Å². The average molecular weight is 315 g/mol. The van der Waals surface area contributed by atoms with E-state index in [-0.39, 0.29) is 11.7 Å². The van der Waals surface area contributed by atoms with Gasteiger partial charge in [0.05, 0.1) is 24.5 Å². The molecule has 0 aromatic heterocycles. The van der Waals surface area contributed by atoms with Crippen LogP contribution in [0.5, 0.6) is 0 Å². The zero-order valence-electron chi connectivity index (χ0n) is 14.1. The fourth-order valence-corrected chi connectivity index (χ4v) is 2.60. The Bertz CT molecular complexity index is 635. The molecular formula is C18H25N3O2. The van der Waals surface area contributed by atoms with Crippen LogP contribution in [-0.4, -0.2) is 29.1 Å². The molecule has 0 fully saturated rings. The normalized spacial score (nSPS) is 18.7. The van der Waals surface area contributed by atoms with Gasteiger partial charge in [-0.25, -0.2) is 5.43 Å². The van der Waals surface area contributed by atoms with Gasteiger partial charge in [-0.2, -0.15) is 0 Å². The Labute approximate surface area is 137 Å². The Kier molecular flexibility index (Phi) is 5.45. The maximum atomic E-state index is 12.3. The van der Waals surface area contributed by atoms with Gasteiger partial charge in [-0.15, -0.1) is 0 Å². The standard InChI is InChI=1S/C18H25N3O2/c1-12(2)17(14(4)22)11-21-10-16(9-19-21)20-18(23)15-7-5-6-13(3)8-15/h7-8,10,19,22H,1,5-6,9,11H2,2-4H3,(H,20,23)/b17-14-. The van der Waals surface area contributed by atoms with E-state index in [9.17, 15) is 9.90 Å². The molecule has 0 spiro atoms. The predicted molar refractivity (Wildman–Crippen MR) is 92.2 cm³/mol. The summed E-state index contributed by atoms with van der Waals surface area (Å²) in [6.07, 6.45) is 7.70. The molecule has 0 aromatic rings. The van der Waals surface area contributed by atoms with Crippen LogP contribution in [0.3, 0.4) is 0 Å². The highest BCUT2D eigenvalue weighted by Gasteiger charge is 2.18. The number of aliphatic hydroxyl groups excluding tert-OH is 1. The second-order valence-corrected chi connectivity index (χ2v) is 6.10. The number of aliphatic hydroxyl groups is 1. The lowest BCUT2D eigenvalue weighted by Crippen LogP contribution is -2.32. The smallest absolute Gasteiger partial charge is 0.255 e. The quantitative estimate of drug-likeness (QED) is 0.539. The maximum absolute atomic E-state index is 12.3. The Morgan fingerprint density at radius 2 is 2.22 bits per heavy atom. The van der Waals surface area contributed by atoms with Gasteiger partial charge in [-0.3, -0.25) is 4.79 Å². The monoisotopic (exact) mass is 315 g/mol. The predicted octanol–water partition coefficient (Wildman–Crippen LogP) is 2.84. The molecule has 5 nitrogen and oxygen atoms in total. The molecule has 2 aliphatic rings. The summed E-state index contributed by atoms with van der Waals surface area (Å²) in [5.74, 6) is 0.186. The van der Waals surface area contributed by atoms with Crippen LogP contribution in [0.1, 0.15) is 33.6 Å². The van der Waals surface area contributed by atoms with E-state index < -0.39 is 0 Å². The van der Waals surface area contributed by atoms with Gasteiger partial charge in [0.15, 0.2) is 0 Å². The number of carbonyl (C=O) groups excluding carboxylic acids is 1. The molecule has 1 aliphatic heterocycles. The molecule has 1 heterocycles. The van der Waals surface area contributed by atoms with Gasteiger partial charge in [-0.05, 0) is 39.2 Å². The van der Waals surface area contributed by atoms with E-state index in [0.29, 0.717) is 13.1 Å². The van der Waals surface area contributed by atoms with Crippen molar-refractivity contribution in [3.63, 3.8) is 0 Å². The Morgan fingerprint density at radius 1 is 1.48 bits per heavy atom. The van der Waals surface area contributed by atoms with Crippen molar-refractivity contribution in [2.45, 2.75) is 33.6 Å². The van der Waals surface area contributed by atoms with Crippen molar-refractivity contribution in [1.82, 2.24) is 15.8 Å². The van der Waals surface area contributed by atoms with Crippen molar-refractivity contribution >= 4 is 5.91 Å². The lowest BCUT2D eigenvalue weighted by Gasteiger charge is -2.18. The SMILES string of the molecule is C=C(C)/C(CN1C=C(NC(=O)C2=CCCC(C)=C2)CN1)=C(/C)O. The molecule has 0 atom stereocenters. The zero-order chi connectivity index (χ0) is 17.0. The Hall–Kier alpha value is -2.27. The first-order chi connectivity index (χ1) is 10.9. The van der Waals surface area contributed by atoms with E-state index in [0.717, 1.165) is 35.3 Å². The van der Waals surface area contributed by atoms with E-state index in [2.05, 4.69) is 17.3 Å². The molecule has 2 rings (SSSR count). The fourth-order valence-electron chi connectivity index (χ4n) is 2.60. The molecule has 23 heavy (non-hydrogen) atoms. The molecule has 124 valence electrons. The van der Waals surface area contributed by atoms with Crippen LogP contribution in [-0.2, 0) is 4.79 Å². The van der Waals surface area contributed by atoms with Crippen molar-refractivity contribution in [1.29, 1.82) is 0 Å². The summed E-state index contributed by atoms with van der Waals surface area (Å²) >= 11 is 0. The van der Waals surface area contributed by atoms with Gasteiger partial charge in [0.1, 0.15) is 0 Å². The van der Waals surface area contributed by atoms with E-state index in [1.807, 2.05) is 37.2 Å². The topological polar surface area (TPSA) is 64.6 Å². The molecule has 0 radical (unpaired) electrons. The summed E-state index contributed by atoms with van der Waals surface area (Å²) in [5, 5.41) is 14.5. The van der Waals surface area contributed by atoms with Crippen LogP contribution >= 0.6 is 0 Å². The van der Waals surface area contributed by atoms with E-state index in [1.165, 1.54) is 5.57 Å². The van der Waals surface area contributed by atoms with Crippen LogP contribution in [0.15, 0.2) is 58.7 Å². The summed E-state index contributed by atoms with van der Waals surface area (Å²) < 4.78 is 0. The van der Waals surface area contributed by atoms with Gasteiger partial charge in [-0.1, -0.05) is 24.3 Å². The molecule has 0 saturated heterocycles. The summed E-state index contributed by atoms with van der Waals surface area (Å²) in [7, 11) is 0. The lowest BCUT2D eigenvalue weighted by molar-refractivity contribution is -0.116. The number of carbonyl (C=O) groups is 1. The van der Waals surface area contributed by atoms with Crippen molar-refractivity contribution in [2.24, 2.45) is 0 Å². The highest BCUT2D eigenvalue weighted by Crippen LogP contribution is 2.18. The van der Waals surface area contributed by atoms with E-state index >= 15 is 0 Å². The number of hydrazine groups is 1.